The Morgan fingerprint density at radius 2 is 2.12 bits per heavy atom. The second-order valence-corrected chi connectivity index (χ2v) is 4.42. The summed E-state index contributed by atoms with van der Waals surface area (Å²) in [6, 6.07) is 4.04. The van der Waals surface area contributed by atoms with E-state index in [1.54, 1.807) is 6.07 Å². The van der Waals surface area contributed by atoms with Crippen LogP contribution < -0.4 is 5.32 Å². The largest absolute Gasteiger partial charge is 0.462 e. The van der Waals surface area contributed by atoms with Crippen LogP contribution in [0.1, 0.15) is 37.2 Å². The predicted molar refractivity (Wildman–Crippen MR) is 59.7 cm³/mol. The fourth-order valence-electron chi connectivity index (χ4n) is 2.20. The van der Waals surface area contributed by atoms with Gasteiger partial charge in [0.25, 0.3) is 0 Å². The molecule has 1 heterocycles. The van der Waals surface area contributed by atoms with E-state index in [0.717, 1.165) is 31.4 Å². The Labute approximate surface area is 95.3 Å². The van der Waals surface area contributed by atoms with E-state index in [1.165, 1.54) is 0 Å². The molecule has 16 heavy (non-hydrogen) atoms. The highest BCUT2D eigenvalue weighted by atomic mass is 16.4. The number of rotatable bonds is 4. The molecule has 2 unspecified atom stereocenters. The molecular formula is C12H19NO3. The molecule has 4 nitrogen and oxygen atoms in total. The van der Waals surface area contributed by atoms with Crippen molar-refractivity contribution >= 4 is 0 Å². The van der Waals surface area contributed by atoms with E-state index in [4.69, 9.17) is 9.52 Å². The summed E-state index contributed by atoms with van der Waals surface area (Å²) in [7, 11) is 0. The number of furan rings is 1. The summed E-state index contributed by atoms with van der Waals surface area (Å²) < 4.78 is 5.38. The molecular weight excluding hydrogens is 206 g/mol. The average Bonchev–Trinajstić information content (AvgIpc) is 2.74. The third-order valence-corrected chi connectivity index (χ3v) is 3.08. The Bertz CT molecular complexity index is 324. The van der Waals surface area contributed by atoms with Gasteiger partial charge in [-0.2, -0.15) is 0 Å². The van der Waals surface area contributed by atoms with Crippen LogP contribution in [0.15, 0.2) is 16.5 Å². The zero-order valence-electron chi connectivity index (χ0n) is 9.35. The highest BCUT2D eigenvalue weighted by molar-refractivity contribution is 5.06. The fraction of sp³-hybridized carbons (Fsp3) is 0.667. The zero-order valence-corrected chi connectivity index (χ0v) is 9.35. The molecule has 1 aliphatic rings. The van der Waals surface area contributed by atoms with Crippen LogP contribution in [0.2, 0.25) is 0 Å². The van der Waals surface area contributed by atoms with Crippen LogP contribution >= 0.6 is 0 Å². The van der Waals surface area contributed by atoms with E-state index >= 15 is 0 Å². The Balaban J connectivity index is 1.78. The van der Waals surface area contributed by atoms with E-state index in [-0.39, 0.29) is 12.7 Å². The van der Waals surface area contributed by atoms with Gasteiger partial charge in [0.2, 0.25) is 0 Å². The lowest BCUT2D eigenvalue weighted by Gasteiger charge is -2.26. The Morgan fingerprint density at radius 3 is 2.81 bits per heavy atom. The van der Waals surface area contributed by atoms with Crippen LogP contribution in [0.3, 0.4) is 0 Å². The molecule has 0 amide bonds. The predicted octanol–water partition coefficient (Wildman–Crippen LogP) is 1.16. The lowest BCUT2D eigenvalue weighted by atomic mass is 9.93. The van der Waals surface area contributed by atoms with Crippen LogP contribution in [0.5, 0.6) is 0 Å². The molecule has 4 heteroatoms. The second-order valence-electron chi connectivity index (χ2n) is 4.42. The first kappa shape index (κ1) is 11.6. The molecule has 0 radical (unpaired) electrons. The lowest BCUT2D eigenvalue weighted by Crippen LogP contribution is -2.35. The molecule has 2 atom stereocenters. The highest BCUT2D eigenvalue weighted by Crippen LogP contribution is 2.19. The first-order valence-electron chi connectivity index (χ1n) is 5.88. The maximum Gasteiger partial charge on any atom is 0.129 e. The second kappa shape index (κ2) is 5.48. The maximum absolute atomic E-state index is 9.52. The topological polar surface area (TPSA) is 65.6 Å². The zero-order chi connectivity index (χ0) is 11.4. The van der Waals surface area contributed by atoms with E-state index in [2.05, 4.69) is 5.32 Å². The molecule has 1 aromatic heterocycles. The summed E-state index contributed by atoms with van der Waals surface area (Å²) in [5, 5.41) is 21.7. The van der Waals surface area contributed by atoms with Crippen LogP contribution in [0, 0.1) is 0 Å². The minimum Gasteiger partial charge on any atom is -0.462 e. The maximum atomic E-state index is 9.52. The van der Waals surface area contributed by atoms with Crippen molar-refractivity contribution < 1.29 is 14.6 Å². The molecule has 90 valence electrons. The van der Waals surface area contributed by atoms with Gasteiger partial charge in [-0.25, -0.2) is 0 Å². The van der Waals surface area contributed by atoms with Gasteiger partial charge in [-0.05, 0) is 37.8 Å². The molecule has 0 bridgehead atoms. The summed E-state index contributed by atoms with van der Waals surface area (Å²) in [6.07, 6.45) is 3.79. The SMILES string of the molecule is OCc1ccc(CNC2CCCC(O)C2)o1. The molecule has 1 aliphatic carbocycles. The Hall–Kier alpha value is -0.840. The molecule has 1 saturated carbocycles. The van der Waals surface area contributed by atoms with Gasteiger partial charge in [0.15, 0.2) is 0 Å². The normalized spacial score (nSPS) is 25.9. The van der Waals surface area contributed by atoms with Crippen molar-refractivity contribution in [2.24, 2.45) is 0 Å². The number of aliphatic hydroxyl groups excluding tert-OH is 2. The van der Waals surface area contributed by atoms with Crippen molar-refractivity contribution in [2.75, 3.05) is 0 Å². The van der Waals surface area contributed by atoms with Crippen molar-refractivity contribution in [2.45, 2.75) is 51.0 Å². The van der Waals surface area contributed by atoms with Crippen molar-refractivity contribution in [1.29, 1.82) is 0 Å². The van der Waals surface area contributed by atoms with Gasteiger partial charge in [0, 0.05) is 6.04 Å². The number of hydrogen-bond donors (Lipinski definition) is 3. The van der Waals surface area contributed by atoms with Crippen LogP contribution in [0.4, 0.5) is 0 Å². The van der Waals surface area contributed by atoms with Gasteiger partial charge < -0.3 is 19.9 Å². The van der Waals surface area contributed by atoms with Crippen LogP contribution in [0.25, 0.3) is 0 Å². The van der Waals surface area contributed by atoms with Gasteiger partial charge in [-0.1, -0.05) is 0 Å². The summed E-state index contributed by atoms with van der Waals surface area (Å²) in [5.74, 6) is 1.43. The molecule has 2 rings (SSSR count). The van der Waals surface area contributed by atoms with Gasteiger partial charge in [-0.15, -0.1) is 0 Å². The molecule has 0 spiro atoms. The Morgan fingerprint density at radius 1 is 1.31 bits per heavy atom. The molecule has 1 fully saturated rings. The third kappa shape index (κ3) is 3.07. The molecule has 1 aromatic rings. The van der Waals surface area contributed by atoms with Gasteiger partial charge in [0.05, 0.1) is 12.6 Å². The van der Waals surface area contributed by atoms with E-state index in [0.29, 0.717) is 18.3 Å². The number of hydrogen-bond acceptors (Lipinski definition) is 4. The molecule has 3 N–H and O–H groups in total. The van der Waals surface area contributed by atoms with Crippen molar-refractivity contribution in [3.05, 3.63) is 23.7 Å². The highest BCUT2D eigenvalue weighted by Gasteiger charge is 2.19. The van der Waals surface area contributed by atoms with Crippen LogP contribution in [-0.2, 0) is 13.2 Å². The standard InChI is InChI=1S/C12H19NO3/c14-8-12-5-4-11(16-12)7-13-9-2-1-3-10(15)6-9/h4-5,9-10,13-15H,1-3,6-8H2. The summed E-state index contributed by atoms with van der Waals surface area (Å²) in [4.78, 5) is 0. The first-order chi connectivity index (χ1) is 7.78. The summed E-state index contributed by atoms with van der Waals surface area (Å²) in [6.45, 7) is 0.611. The van der Waals surface area contributed by atoms with Gasteiger partial charge in [-0.3, -0.25) is 0 Å². The first-order valence-corrected chi connectivity index (χ1v) is 5.88. The van der Waals surface area contributed by atoms with Gasteiger partial charge >= 0.3 is 0 Å². The van der Waals surface area contributed by atoms with Gasteiger partial charge in [0.1, 0.15) is 18.1 Å². The molecule has 0 saturated heterocycles. The van der Waals surface area contributed by atoms with E-state index in [9.17, 15) is 5.11 Å². The minimum atomic E-state index is -0.157. The van der Waals surface area contributed by atoms with E-state index < -0.39 is 0 Å². The summed E-state index contributed by atoms with van der Waals surface area (Å²) in [5.41, 5.74) is 0. The Kier molecular flexibility index (Phi) is 3.98. The minimum absolute atomic E-state index is 0.0534. The van der Waals surface area contributed by atoms with Crippen molar-refractivity contribution in [3.8, 4) is 0 Å². The molecule has 0 aromatic carbocycles. The third-order valence-electron chi connectivity index (χ3n) is 3.08. The monoisotopic (exact) mass is 225 g/mol. The summed E-state index contributed by atoms with van der Waals surface area (Å²) >= 11 is 0. The van der Waals surface area contributed by atoms with Crippen molar-refractivity contribution in [3.63, 3.8) is 0 Å². The number of aliphatic hydroxyl groups is 2. The quantitative estimate of drug-likeness (QED) is 0.719. The van der Waals surface area contributed by atoms with Crippen molar-refractivity contribution in [1.82, 2.24) is 5.32 Å². The average molecular weight is 225 g/mol. The van der Waals surface area contributed by atoms with E-state index in [1.807, 2.05) is 6.07 Å². The van der Waals surface area contributed by atoms with Crippen LogP contribution in [-0.4, -0.2) is 22.4 Å². The molecule has 0 aliphatic heterocycles. The fourth-order valence-corrected chi connectivity index (χ4v) is 2.20. The number of nitrogens with one attached hydrogen (secondary N) is 1. The lowest BCUT2D eigenvalue weighted by molar-refractivity contribution is 0.111. The smallest absolute Gasteiger partial charge is 0.129 e.